The number of amides is 1. The molecule has 1 aromatic rings. The van der Waals surface area contributed by atoms with Crippen molar-refractivity contribution in [2.45, 2.75) is 50.5 Å². The van der Waals surface area contributed by atoms with Gasteiger partial charge >= 0.3 is 5.97 Å². The zero-order valence-corrected chi connectivity index (χ0v) is 12.0. The summed E-state index contributed by atoms with van der Waals surface area (Å²) < 4.78 is 0. The molecule has 1 amide bonds. The Hall–Kier alpha value is -2.04. The van der Waals surface area contributed by atoms with E-state index in [9.17, 15) is 14.7 Å². The fraction of sp³-hybridized carbons (Fsp3) is 0.500. The first-order valence-corrected chi connectivity index (χ1v) is 7.30. The molecule has 0 unspecified atom stereocenters. The van der Waals surface area contributed by atoms with Crippen LogP contribution in [0.25, 0.3) is 0 Å². The lowest BCUT2D eigenvalue weighted by Gasteiger charge is -2.37. The van der Waals surface area contributed by atoms with Crippen molar-refractivity contribution in [3.63, 3.8) is 0 Å². The lowest BCUT2D eigenvalue weighted by Crippen LogP contribution is -2.51. The molecule has 1 aliphatic rings. The van der Waals surface area contributed by atoms with Gasteiger partial charge in [-0.3, -0.25) is 9.59 Å². The molecule has 1 fully saturated rings. The van der Waals surface area contributed by atoms with Crippen LogP contribution in [0.4, 0.5) is 0 Å². The van der Waals surface area contributed by atoms with Crippen LogP contribution in [-0.4, -0.2) is 27.6 Å². The molecule has 5 heteroatoms. The largest absolute Gasteiger partial charge is 0.508 e. The average molecular weight is 291 g/mol. The van der Waals surface area contributed by atoms with Crippen molar-refractivity contribution in [2.75, 3.05) is 0 Å². The number of carboxylic acids is 1. The highest BCUT2D eigenvalue weighted by Gasteiger charge is 2.35. The molecule has 0 spiro atoms. The molecular weight excluding hydrogens is 270 g/mol. The van der Waals surface area contributed by atoms with Crippen LogP contribution in [0.5, 0.6) is 5.75 Å². The number of nitrogens with one attached hydrogen (secondary N) is 1. The summed E-state index contributed by atoms with van der Waals surface area (Å²) in [5.74, 6) is -0.876. The molecular formula is C16H21NO4. The van der Waals surface area contributed by atoms with Crippen LogP contribution in [0.2, 0.25) is 0 Å². The number of phenols is 1. The highest BCUT2D eigenvalue weighted by atomic mass is 16.4. The van der Waals surface area contributed by atoms with E-state index in [1.165, 1.54) is 12.1 Å². The highest BCUT2D eigenvalue weighted by Crippen LogP contribution is 2.31. The number of carboxylic acid groups (broad SMARTS) is 1. The van der Waals surface area contributed by atoms with Crippen molar-refractivity contribution in [1.29, 1.82) is 0 Å². The predicted octanol–water partition coefficient (Wildman–Crippen LogP) is 2.23. The van der Waals surface area contributed by atoms with Crippen LogP contribution in [0, 0.1) is 0 Å². The van der Waals surface area contributed by atoms with Gasteiger partial charge in [0, 0.05) is 0 Å². The number of carbonyl (C=O) groups is 2. The van der Waals surface area contributed by atoms with Gasteiger partial charge in [0.2, 0.25) is 5.91 Å². The Balaban J connectivity index is 2.00. The Bertz CT molecular complexity index is 504. The summed E-state index contributed by atoms with van der Waals surface area (Å²) in [5, 5.41) is 21.3. The van der Waals surface area contributed by atoms with Crippen molar-refractivity contribution in [3.05, 3.63) is 29.8 Å². The Morgan fingerprint density at radius 1 is 1.10 bits per heavy atom. The molecule has 1 aromatic carbocycles. The first kappa shape index (κ1) is 15.4. The molecule has 1 saturated carbocycles. The van der Waals surface area contributed by atoms with E-state index in [2.05, 4.69) is 5.32 Å². The van der Waals surface area contributed by atoms with Crippen molar-refractivity contribution < 1.29 is 19.8 Å². The Labute approximate surface area is 124 Å². The van der Waals surface area contributed by atoms with Gasteiger partial charge in [-0.15, -0.1) is 0 Å². The molecule has 0 aromatic heterocycles. The summed E-state index contributed by atoms with van der Waals surface area (Å²) in [6, 6.07) is 6.46. The molecule has 5 nitrogen and oxygen atoms in total. The minimum absolute atomic E-state index is 0.0195. The van der Waals surface area contributed by atoms with Gasteiger partial charge in [0.05, 0.1) is 18.4 Å². The molecule has 1 aliphatic carbocycles. The van der Waals surface area contributed by atoms with Gasteiger partial charge in [0.25, 0.3) is 0 Å². The number of phenolic OH excluding ortho intramolecular Hbond substituents is 1. The summed E-state index contributed by atoms with van der Waals surface area (Å²) in [6.45, 7) is 0. The second-order valence-corrected chi connectivity index (χ2v) is 5.80. The van der Waals surface area contributed by atoms with Gasteiger partial charge in [-0.25, -0.2) is 0 Å². The molecule has 0 aliphatic heterocycles. The van der Waals surface area contributed by atoms with Gasteiger partial charge in [-0.05, 0) is 30.5 Å². The SMILES string of the molecule is O=C(O)CC1(NC(=O)Cc2ccc(O)cc2)CCCCC1. The second-order valence-electron chi connectivity index (χ2n) is 5.80. The minimum Gasteiger partial charge on any atom is -0.508 e. The minimum atomic E-state index is -0.873. The van der Waals surface area contributed by atoms with E-state index in [0.717, 1.165) is 37.7 Å². The van der Waals surface area contributed by atoms with Crippen LogP contribution in [-0.2, 0) is 16.0 Å². The average Bonchev–Trinajstić information content (AvgIpc) is 2.41. The van der Waals surface area contributed by atoms with Gasteiger partial charge in [-0.1, -0.05) is 31.4 Å². The second kappa shape index (κ2) is 6.61. The van der Waals surface area contributed by atoms with Crippen LogP contribution in [0.3, 0.4) is 0 Å². The topological polar surface area (TPSA) is 86.6 Å². The van der Waals surface area contributed by atoms with Crippen molar-refractivity contribution in [2.24, 2.45) is 0 Å². The Morgan fingerprint density at radius 3 is 2.29 bits per heavy atom. The van der Waals surface area contributed by atoms with Gasteiger partial charge < -0.3 is 15.5 Å². The lowest BCUT2D eigenvalue weighted by atomic mass is 9.79. The Morgan fingerprint density at radius 2 is 1.71 bits per heavy atom. The van der Waals surface area contributed by atoms with E-state index < -0.39 is 11.5 Å². The molecule has 0 saturated heterocycles. The molecule has 0 radical (unpaired) electrons. The first-order chi connectivity index (χ1) is 9.99. The van der Waals surface area contributed by atoms with E-state index >= 15 is 0 Å². The van der Waals surface area contributed by atoms with Crippen LogP contribution in [0.1, 0.15) is 44.1 Å². The van der Waals surface area contributed by atoms with Gasteiger partial charge in [-0.2, -0.15) is 0 Å². The summed E-state index contributed by atoms with van der Waals surface area (Å²) in [5.41, 5.74) is 0.199. The number of aliphatic carboxylic acids is 1. The van der Waals surface area contributed by atoms with Crippen molar-refractivity contribution in [3.8, 4) is 5.75 Å². The maximum atomic E-state index is 12.2. The Kier molecular flexibility index (Phi) is 4.83. The number of rotatable bonds is 5. The molecule has 114 valence electrons. The number of carbonyl (C=O) groups excluding carboxylic acids is 1. The summed E-state index contributed by atoms with van der Waals surface area (Å²) in [4.78, 5) is 23.3. The monoisotopic (exact) mass is 291 g/mol. The maximum absolute atomic E-state index is 12.2. The van der Waals surface area contributed by atoms with Crippen LogP contribution < -0.4 is 5.32 Å². The molecule has 0 atom stereocenters. The smallest absolute Gasteiger partial charge is 0.305 e. The molecule has 21 heavy (non-hydrogen) atoms. The third-order valence-electron chi connectivity index (χ3n) is 4.01. The first-order valence-electron chi connectivity index (χ1n) is 7.30. The molecule has 2 rings (SSSR count). The summed E-state index contributed by atoms with van der Waals surface area (Å²) in [6.07, 6.45) is 4.62. The normalized spacial score (nSPS) is 17.1. The number of hydrogen-bond donors (Lipinski definition) is 3. The summed E-state index contributed by atoms with van der Waals surface area (Å²) >= 11 is 0. The quantitative estimate of drug-likeness (QED) is 0.776. The number of hydrogen-bond acceptors (Lipinski definition) is 3. The van der Waals surface area contributed by atoms with Crippen LogP contribution in [0.15, 0.2) is 24.3 Å². The zero-order valence-electron chi connectivity index (χ0n) is 12.0. The lowest BCUT2D eigenvalue weighted by molar-refractivity contribution is -0.139. The van der Waals surface area contributed by atoms with Crippen LogP contribution >= 0.6 is 0 Å². The van der Waals surface area contributed by atoms with E-state index in [4.69, 9.17) is 5.11 Å². The van der Waals surface area contributed by atoms with Gasteiger partial charge in [0.15, 0.2) is 0 Å². The molecule has 3 N–H and O–H groups in total. The van der Waals surface area contributed by atoms with Crippen molar-refractivity contribution in [1.82, 2.24) is 5.32 Å². The van der Waals surface area contributed by atoms with E-state index in [1.54, 1.807) is 12.1 Å². The third-order valence-corrected chi connectivity index (χ3v) is 4.01. The number of aromatic hydroxyl groups is 1. The third kappa shape index (κ3) is 4.48. The summed E-state index contributed by atoms with van der Waals surface area (Å²) in [7, 11) is 0. The van der Waals surface area contributed by atoms with Crippen molar-refractivity contribution >= 4 is 11.9 Å². The van der Waals surface area contributed by atoms with E-state index in [1.807, 2.05) is 0 Å². The van der Waals surface area contributed by atoms with E-state index in [-0.39, 0.29) is 24.5 Å². The predicted molar refractivity (Wildman–Crippen MR) is 78.0 cm³/mol. The fourth-order valence-corrected chi connectivity index (χ4v) is 3.00. The standard InChI is InChI=1S/C16H21NO4/c18-13-6-4-12(5-7-13)10-14(19)17-16(11-15(20)21)8-2-1-3-9-16/h4-7,18H,1-3,8-11H2,(H,17,19)(H,20,21). The number of benzene rings is 1. The fourth-order valence-electron chi connectivity index (χ4n) is 3.00. The molecule has 0 bridgehead atoms. The zero-order chi connectivity index (χ0) is 15.3. The maximum Gasteiger partial charge on any atom is 0.305 e. The highest BCUT2D eigenvalue weighted by molar-refractivity contribution is 5.80. The van der Waals surface area contributed by atoms with Gasteiger partial charge in [0.1, 0.15) is 5.75 Å². The van der Waals surface area contributed by atoms with E-state index in [0.29, 0.717) is 0 Å². The molecule has 0 heterocycles.